The van der Waals surface area contributed by atoms with Crippen molar-refractivity contribution in [3.05, 3.63) is 48.3 Å². The number of aromatic nitrogens is 2. The Labute approximate surface area is 152 Å². The third-order valence-electron chi connectivity index (χ3n) is 5.40. The summed E-state index contributed by atoms with van der Waals surface area (Å²) in [5, 5.41) is 0. The SMILES string of the molecule is Cn1c(-c2cccc(OCC3CN3CC3CC3)c2)nc2cc(F)ccc21. The molecule has 2 aliphatic rings. The van der Waals surface area contributed by atoms with Crippen LogP contribution in [0.3, 0.4) is 0 Å². The molecule has 2 fully saturated rings. The molecule has 2 unspecified atom stereocenters. The van der Waals surface area contributed by atoms with E-state index in [2.05, 4.69) is 9.88 Å². The molecule has 1 aliphatic carbocycles. The predicted octanol–water partition coefficient (Wildman–Crippen LogP) is 3.85. The molecule has 1 aromatic heterocycles. The van der Waals surface area contributed by atoms with Crippen LogP contribution in [-0.4, -0.2) is 40.2 Å². The zero-order valence-electron chi connectivity index (χ0n) is 14.9. The van der Waals surface area contributed by atoms with Gasteiger partial charge in [-0.1, -0.05) is 12.1 Å². The first kappa shape index (κ1) is 15.8. The van der Waals surface area contributed by atoms with Crippen LogP contribution in [0.2, 0.25) is 0 Å². The maximum Gasteiger partial charge on any atom is 0.140 e. The Morgan fingerprint density at radius 3 is 2.92 bits per heavy atom. The molecule has 2 aromatic carbocycles. The lowest BCUT2D eigenvalue weighted by atomic mass is 10.2. The second-order valence-corrected chi connectivity index (χ2v) is 7.52. The summed E-state index contributed by atoms with van der Waals surface area (Å²) in [7, 11) is 1.95. The molecular formula is C21H22FN3O. The van der Waals surface area contributed by atoms with E-state index in [9.17, 15) is 4.39 Å². The van der Waals surface area contributed by atoms with Gasteiger partial charge < -0.3 is 9.30 Å². The summed E-state index contributed by atoms with van der Waals surface area (Å²) in [4.78, 5) is 7.10. The molecule has 0 bridgehead atoms. The van der Waals surface area contributed by atoms with Gasteiger partial charge in [-0.3, -0.25) is 4.90 Å². The fraction of sp³-hybridized carbons (Fsp3) is 0.381. The lowest BCUT2D eigenvalue weighted by molar-refractivity contribution is 0.292. The maximum atomic E-state index is 13.5. The van der Waals surface area contributed by atoms with Crippen molar-refractivity contribution >= 4 is 11.0 Å². The molecule has 0 radical (unpaired) electrons. The lowest BCUT2D eigenvalue weighted by Crippen LogP contribution is -2.12. The zero-order valence-corrected chi connectivity index (χ0v) is 14.9. The normalized spacial score (nSPS) is 21.9. The van der Waals surface area contributed by atoms with Crippen LogP contribution >= 0.6 is 0 Å². The predicted molar refractivity (Wildman–Crippen MR) is 99.7 cm³/mol. The fourth-order valence-electron chi connectivity index (χ4n) is 3.59. The molecule has 4 nitrogen and oxygen atoms in total. The van der Waals surface area contributed by atoms with Crippen molar-refractivity contribution in [2.45, 2.75) is 18.9 Å². The third-order valence-corrected chi connectivity index (χ3v) is 5.40. The maximum absolute atomic E-state index is 13.5. The molecule has 2 atom stereocenters. The highest BCUT2D eigenvalue weighted by Gasteiger charge is 2.38. The molecule has 5 rings (SSSR count). The van der Waals surface area contributed by atoms with E-state index in [1.54, 1.807) is 6.07 Å². The topological polar surface area (TPSA) is 30.1 Å². The molecule has 1 saturated heterocycles. The van der Waals surface area contributed by atoms with Crippen LogP contribution in [0, 0.1) is 11.7 Å². The fourth-order valence-corrected chi connectivity index (χ4v) is 3.59. The van der Waals surface area contributed by atoms with Crippen molar-refractivity contribution in [1.82, 2.24) is 14.5 Å². The van der Waals surface area contributed by atoms with Gasteiger partial charge >= 0.3 is 0 Å². The number of hydrogen-bond acceptors (Lipinski definition) is 3. The standard InChI is InChI=1S/C21H22FN3O/c1-24-20-8-7-16(22)10-19(20)23-21(24)15-3-2-4-18(9-15)26-13-17-12-25(17)11-14-5-6-14/h2-4,7-10,14,17H,5-6,11-13H2,1H3. The van der Waals surface area contributed by atoms with Crippen molar-refractivity contribution in [2.75, 3.05) is 19.7 Å². The van der Waals surface area contributed by atoms with Crippen LogP contribution < -0.4 is 4.74 Å². The number of fused-ring (bicyclic) bond motifs is 1. The molecule has 0 spiro atoms. The molecule has 1 saturated carbocycles. The van der Waals surface area contributed by atoms with Crippen molar-refractivity contribution in [1.29, 1.82) is 0 Å². The summed E-state index contributed by atoms with van der Waals surface area (Å²) < 4.78 is 21.5. The summed E-state index contributed by atoms with van der Waals surface area (Å²) in [6.07, 6.45) is 2.79. The number of benzene rings is 2. The van der Waals surface area contributed by atoms with Gasteiger partial charge in [0.2, 0.25) is 0 Å². The number of hydrogen-bond donors (Lipinski definition) is 0. The van der Waals surface area contributed by atoms with Gasteiger partial charge in [0.25, 0.3) is 0 Å². The van der Waals surface area contributed by atoms with E-state index in [0.717, 1.165) is 41.7 Å². The van der Waals surface area contributed by atoms with Crippen molar-refractivity contribution in [3.63, 3.8) is 0 Å². The second-order valence-electron chi connectivity index (χ2n) is 7.52. The minimum Gasteiger partial charge on any atom is -0.492 e. The monoisotopic (exact) mass is 351 g/mol. The Morgan fingerprint density at radius 1 is 1.19 bits per heavy atom. The first-order valence-electron chi connectivity index (χ1n) is 9.26. The van der Waals surface area contributed by atoms with Gasteiger partial charge in [0, 0.05) is 31.8 Å². The van der Waals surface area contributed by atoms with E-state index in [4.69, 9.17) is 4.74 Å². The van der Waals surface area contributed by atoms with Crippen molar-refractivity contribution in [3.8, 4) is 17.1 Å². The molecule has 1 aliphatic heterocycles. The summed E-state index contributed by atoms with van der Waals surface area (Å²) in [6.45, 7) is 3.14. The Bertz CT molecular complexity index is 963. The summed E-state index contributed by atoms with van der Waals surface area (Å²) in [5.41, 5.74) is 2.57. The minimum absolute atomic E-state index is 0.264. The van der Waals surface area contributed by atoms with Gasteiger partial charge in [0.1, 0.15) is 24.0 Å². The largest absolute Gasteiger partial charge is 0.492 e. The van der Waals surface area contributed by atoms with E-state index >= 15 is 0 Å². The Morgan fingerprint density at radius 2 is 2.08 bits per heavy atom. The van der Waals surface area contributed by atoms with E-state index in [1.807, 2.05) is 35.9 Å². The lowest BCUT2D eigenvalue weighted by Gasteiger charge is -2.08. The average molecular weight is 351 g/mol. The van der Waals surface area contributed by atoms with Crippen LogP contribution in [-0.2, 0) is 7.05 Å². The first-order chi connectivity index (χ1) is 12.7. The number of nitrogens with zero attached hydrogens (tertiary/aromatic N) is 3. The number of rotatable bonds is 6. The highest BCUT2D eigenvalue weighted by atomic mass is 19.1. The molecule has 2 heterocycles. The third kappa shape index (κ3) is 3.07. The van der Waals surface area contributed by atoms with Gasteiger partial charge in [-0.05, 0) is 43.0 Å². The highest BCUT2D eigenvalue weighted by Crippen LogP contribution is 2.34. The molecule has 0 amide bonds. The van der Waals surface area contributed by atoms with Crippen LogP contribution in [0.4, 0.5) is 4.39 Å². The van der Waals surface area contributed by atoms with Gasteiger partial charge in [0.15, 0.2) is 0 Å². The Hall–Kier alpha value is -2.40. The van der Waals surface area contributed by atoms with E-state index in [0.29, 0.717) is 11.6 Å². The zero-order chi connectivity index (χ0) is 17.7. The van der Waals surface area contributed by atoms with Gasteiger partial charge in [0.05, 0.1) is 17.1 Å². The molecule has 0 N–H and O–H groups in total. The van der Waals surface area contributed by atoms with Crippen molar-refractivity contribution in [2.24, 2.45) is 13.0 Å². The summed E-state index contributed by atoms with van der Waals surface area (Å²) >= 11 is 0. The number of imidazole rings is 1. The molecular weight excluding hydrogens is 329 g/mol. The molecule has 3 aromatic rings. The van der Waals surface area contributed by atoms with Crippen LogP contribution in [0.15, 0.2) is 42.5 Å². The summed E-state index contributed by atoms with van der Waals surface area (Å²) in [6, 6.07) is 13.3. The Balaban J connectivity index is 1.32. The first-order valence-corrected chi connectivity index (χ1v) is 9.26. The van der Waals surface area contributed by atoms with Gasteiger partial charge in [-0.15, -0.1) is 0 Å². The smallest absolute Gasteiger partial charge is 0.140 e. The van der Waals surface area contributed by atoms with E-state index in [-0.39, 0.29) is 5.82 Å². The van der Waals surface area contributed by atoms with Gasteiger partial charge in [-0.2, -0.15) is 0 Å². The molecule has 5 heteroatoms. The molecule has 26 heavy (non-hydrogen) atoms. The van der Waals surface area contributed by atoms with Crippen LogP contribution in [0.1, 0.15) is 12.8 Å². The van der Waals surface area contributed by atoms with Crippen LogP contribution in [0.5, 0.6) is 5.75 Å². The Kier molecular flexibility index (Phi) is 3.71. The molecule has 134 valence electrons. The van der Waals surface area contributed by atoms with Crippen molar-refractivity contribution < 1.29 is 9.13 Å². The van der Waals surface area contributed by atoms with E-state index in [1.165, 1.54) is 31.5 Å². The van der Waals surface area contributed by atoms with Gasteiger partial charge in [-0.25, -0.2) is 9.37 Å². The highest BCUT2D eigenvalue weighted by molar-refractivity contribution is 5.80. The van der Waals surface area contributed by atoms with E-state index < -0.39 is 0 Å². The van der Waals surface area contributed by atoms with Crippen LogP contribution in [0.25, 0.3) is 22.4 Å². The summed E-state index contributed by atoms with van der Waals surface area (Å²) in [5.74, 6) is 2.35. The quantitative estimate of drug-likeness (QED) is 0.632. The number of ether oxygens (including phenoxy) is 1. The number of aryl methyl sites for hydroxylation is 1. The number of halogens is 1. The minimum atomic E-state index is -0.264. The average Bonchev–Trinajstić information content (AvgIpc) is 3.56. The second kappa shape index (κ2) is 6.09.